The fourth-order valence-corrected chi connectivity index (χ4v) is 4.21. The molecule has 10 nitrogen and oxygen atoms in total. The Morgan fingerprint density at radius 3 is 1.89 bits per heavy atom. The number of carbonyl (C=O) groups is 3. The van der Waals surface area contributed by atoms with Crippen molar-refractivity contribution in [3.05, 3.63) is 0 Å². The first-order valence-corrected chi connectivity index (χ1v) is 12.0. The number of morpholine rings is 1. The van der Waals surface area contributed by atoms with Crippen molar-refractivity contribution < 1.29 is 60.4 Å². The summed E-state index contributed by atoms with van der Waals surface area (Å²) in [6.07, 6.45) is -3.76. The van der Waals surface area contributed by atoms with Crippen LogP contribution in [0.1, 0.15) is 32.1 Å². The standard InChI is InChI=1S/C18H33N3O3.2C2HF3O2/c1-19(2)17(22)14-24-16-7-6-15-18(16)23-13-12-21(15)11-10-20-8-4-3-5-9-20;2*3-2(4,5)1(6)7/h15-16,18H,3-14H2,1-2H3;2*(H,6,7)/t15-,16+,18+;;/m0../s1. The van der Waals surface area contributed by atoms with Gasteiger partial charge < -0.3 is 29.5 Å². The van der Waals surface area contributed by atoms with Gasteiger partial charge in [0.15, 0.2) is 0 Å². The Bertz CT molecular complexity index is 737. The Hall–Kier alpha value is -2.17. The highest BCUT2D eigenvalue weighted by atomic mass is 19.4. The summed E-state index contributed by atoms with van der Waals surface area (Å²) >= 11 is 0. The van der Waals surface area contributed by atoms with Crippen LogP contribution in [0.5, 0.6) is 0 Å². The van der Waals surface area contributed by atoms with Crippen LogP contribution in [-0.2, 0) is 23.9 Å². The molecule has 0 aromatic carbocycles. The summed E-state index contributed by atoms with van der Waals surface area (Å²) in [5.41, 5.74) is 0. The molecule has 2 N–H and O–H groups in total. The molecule has 2 aliphatic heterocycles. The van der Waals surface area contributed by atoms with Gasteiger partial charge in [0.05, 0.1) is 18.8 Å². The molecule has 3 atom stereocenters. The van der Waals surface area contributed by atoms with E-state index in [9.17, 15) is 31.1 Å². The lowest BCUT2D eigenvalue weighted by atomic mass is 10.1. The van der Waals surface area contributed by atoms with Crippen molar-refractivity contribution in [1.29, 1.82) is 0 Å². The average molecular weight is 568 g/mol. The minimum atomic E-state index is -5.08. The van der Waals surface area contributed by atoms with Crippen LogP contribution in [0.2, 0.25) is 0 Å². The molecule has 3 fully saturated rings. The molecule has 0 spiro atoms. The summed E-state index contributed by atoms with van der Waals surface area (Å²) in [7, 11) is 3.53. The minimum absolute atomic E-state index is 0.0243. The number of hydrogen-bond donors (Lipinski definition) is 2. The number of fused-ring (bicyclic) bond motifs is 1. The second-order valence-electron chi connectivity index (χ2n) is 9.16. The van der Waals surface area contributed by atoms with Crippen LogP contribution in [-0.4, -0.2) is 133 Å². The van der Waals surface area contributed by atoms with E-state index in [4.69, 9.17) is 29.3 Å². The highest BCUT2D eigenvalue weighted by Crippen LogP contribution is 2.32. The van der Waals surface area contributed by atoms with Crippen LogP contribution < -0.4 is 0 Å². The fraction of sp³-hybridized carbons (Fsp3) is 0.864. The van der Waals surface area contributed by atoms with Crippen molar-refractivity contribution in [2.24, 2.45) is 0 Å². The Morgan fingerprint density at radius 1 is 0.895 bits per heavy atom. The number of aliphatic carboxylic acids is 2. The molecule has 0 aromatic heterocycles. The molecule has 0 unspecified atom stereocenters. The highest BCUT2D eigenvalue weighted by molar-refractivity contribution is 5.76. The van der Waals surface area contributed by atoms with E-state index in [1.807, 2.05) is 0 Å². The molecule has 0 radical (unpaired) electrons. The molecule has 1 aliphatic carbocycles. The van der Waals surface area contributed by atoms with Crippen LogP contribution in [0, 0.1) is 0 Å². The van der Waals surface area contributed by atoms with Crippen LogP contribution in [0.15, 0.2) is 0 Å². The maximum atomic E-state index is 11.7. The molecule has 16 heteroatoms. The molecular weight excluding hydrogens is 532 g/mol. The van der Waals surface area contributed by atoms with Crippen molar-refractivity contribution in [3.63, 3.8) is 0 Å². The molecule has 3 rings (SSSR count). The van der Waals surface area contributed by atoms with Gasteiger partial charge >= 0.3 is 24.3 Å². The van der Waals surface area contributed by atoms with Crippen LogP contribution in [0.3, 0.4) is 0 Å². The van der Waals surface area contributed by atoms with Crippen molar-refractivity contribution in [2.45, 2.75) is 62.7 Å². The number of carbonyl (C=O) groups excluding carboxylic acids is 1. The van der Waals surface area contributed by atoms with Gasteiger partial charge in [-0.25, -0.2) is 9.59 Å². The van der Waals surface area contributed by atoms with E-state index in [-0.39, 0.29) is 24.7 Å². The Morgan fingerprint density at radius 2 is 1.42 bits per heavy atom. The zero-order valence-electron chi connectivity index (χ0n) is 21.3. The summed E-state index contributed by atoms with van der Waals surface area (Å²) in [6.45, 7) is 6.80. The van der Waals surface area contributed by atoms with Crippen LogP contribution in [0.4, 0.5) is 26.3 Å². The van der Waals surface area contributed by atoms with E-state index in [0.717, 1.165) is 32.5 Å². The third kappa shape index (κ3) is 12.1. The SMILES string of the molecule is CN(C)C(=O)CO[C@@H]1CC[C@H]2[C@H]1OCCN2CCN1CCCCC1.O=C(O)C(F)(F)F.O=C(O)C(F)(F)F. The quantitative estimate of drug-likeness (QED) is 0.465. The minimum Gasteiger partial charge on any atom is -0.475 e. The number of hydrogen-bond acceptors (Lipinski definition) is 7. The molecule has 222 valence electrons. The summed E-state index contributed by atoms with van der Waals surface area (Å²) < 4.78 is 75.4. The lowest BCUT2D eigenvalue weighted by molar-refractivity contribution is -0.193. The summed E-state index contributed by atoms with van der Waals surface area (Å²) in [4.78, 5) is 36.3. The van der Waals surface area contributed by atoms with Crippen LogP contribution >= 0.6 is 0 Å². The Kier molecular flexibility index (Phi) is 13.7. The number of likely N-dealkylation sites (N-methyl/N-ethyl adjacent to an activating group) is 1. The molecular formula is C22H35F6N3O7. The maximum Gasteiger partial charge on any atom is 0.490 e. The first-order chi connectivity index (χ1) is 17.5. The van der Waals surface area contributed by atoms with E-state index in [1.165, 1.54) is 38.9 Å². The number of likely N-dealkylation sites (tertiary alicyclic amines) is 1. The second kappa shape index (κ2) is 15.4. The molecule has 1 amide bonds. The van der Waals surface area contributed by atoms with Gasteiger partial charge in [0.1, 0.15) is 6.61 Å². The number of rotatable bonds is 6. The largest absolute Gasteiger partial charge is 0.490 e. The number of ether oxygens (including phenoxy) is 2. The molecule has 0 bridgehead atoms. The first-order valence-electron chi connectivity index (χ1n) is 12.0. The van der Waals surface area contributed by atoms with Gasteiger partial charge in [-0.15, -0.1) is 0 Å². The van der Waals surface area contributed by atoms with Crippen molar-refractivity contribution >= 4 is 17.8 Å². The van der Waals surface area contributed by atoms with E-state index >= 15 is 0 Å². The normalized spacial score (nSPS) is 24.3. The summed E-state index contributed by atoms with van der Waals surface area (Å²) in [5.74, 6) is -5.49. The molecule has 38 heavy (non-hydrogen) atoms. The van der Waals surface area contributed by atoms with Gasteiger partial charge in [-0.1, -0.05) is 6.42 Å². The summed E-state index contributed by atoms with van der Waals surface area (Å²) in [6, 6.07) is 0.461. The molecule has 0 aromatic rings. The fourth-order valence-electron chi connectivity index (χ4n) is 4.21. The number of piperidine rings is 1. The second-order valence-corrected chi connectivity index (χ2v) is 9.16. The number of nitrogens with zero attached hydrogens (tertiary/aromatic N) is 3. The molecule has 2 saturated heterocycles. The van der Waals surface area contributed by atoms with E-state index in [2.05, 4.69) is 9.80 Å². The van der Waals surface area contributed by atoms with Gasteiger partial charge in [-0.05, 0) is 38.8 Å². The third-order valence-corrected chi connectivity index (χ3v) is 6.21. The number of carboxylic acids is 2. The number of halogens is 6. The molecule has 2 heterocycles. The van der Waals surface area contributed by atoms with Gasteiger partial charge in [-0.3, -0.25) is 9.69 Å². The number of carboxylic acid groups (broad SMARTS) is 2. The van der Waals surface area contributed by atoms with Crippen molar-refractivity contribution in [1.82, 2.24) is 14.7 Å². The average Bonchev–Trinajstić information content (AvgIpc) is 3.25. The topological polar surface area (TPSA) is 120 Å². The van der Waals surface area contributed by atoms with Gasteiger partial charge in [0, 0.05) is 39.8 Å². The number of amides is 1. The van der Waals surface area contributed by atoms with Crippen LogP contribution in [0.25, 0.3) is 0 Å². The molecule has 1 saturated carbocycles. The number of alkyl halides is 6. The van der Waals surface area contributed by atoms with Gasteiger partial charge in [0.25, 0.3) is 0 Å². The maximum absolute atomic E-state index is 11.7. The van der Waals surface area contributed by atoms with Crippen molar-refractivity contribution in [2.75, 3.05) is 60.0 Å². The first kappa shape index (κ1) is 33.9. The molecule has 3 aliphatic rings. The Labute approximate surface area is 216 Å². The van der Waals surface area contributed by atoms with E-state index in [0.29, 0.717) is 6.04 Å². The zero-order valence-corrected chi connectivity index (χ0v) is 21.3. The third-order valence-electron chi connectivity index (χ3n) is 6.21. The van der Waals surface area contributed by atoms with Gasteiger partial charge in [-0.2, -0.15) is 26.3 Å². The summed E-state index contributed by atoms with van der Waals surface area (Å²) in [5, 5.41) is 14.2. The zero-order chi connectivity index (χ0) is 29.1. The van der Waals surface area contributed by atoms with Crippen molar-refractivity contribution in [3.8, 4) is 0 Å². The highest BCUT2D eigenvalue weighted by Gasteiger charge is 2.43. The van der Waals surface area contributed by atoms with E-state index < -0.39 is 24.3 Å². The predicted molar refractivity (Wildman–Crippen MR) is 120 cm³/mol. The lowest BCUT2D eigenvalue weighted by Crippen LogP contribution is -2.53. The Balaban J connectivity index is 0.000000426. The van der Waals surface area contributed by atoms with E-state index in [1.54, 1.807) is 19.0 Å². The smallest absolute Gasteiger partial charge is 0.475 e. The lowest BCUT2D eigenvalue weighted by Gasteiger charge is -2.40. The monoisotopic (exact) mass is 567 g/mol. The predicted octanol–water partition coefficient (Wildman–Crippen LogP) is 2.08. The van der Waals surface area contributed by atoms with Gasteiger partial charge in [0.2, 0.25) is 5.91 Å².